The molecule has 2 aromatic rings. The number of carbonyl (C=O) groups excluding carboxylic acids is 1. The summed E-state index contributed by atoms with van der Waals surface area (Å²) >= 11 is 5.96. The maximum Gasteiger partial charge on any atom is 0.416 e. The lowest BCUT2D eigenvalue weighted by molar-refractivity contribution is -0.137. The van der Waals surface area contributed by atoms with Crippen LogP contribution in [0.4, 0.5) is 13.2 Å². The third kappa shape index (κ3) is 7.42. The first-order chi connectivity index (χ1) is 16.2. The number of nitrogens with one attached hydrogen (secondary N) is 4. The van der Waals surface area contributed by atoms with Crippen LogP contribution < -0.4 is 21.5 Å². The molecule has 0 bridgehead atoms. The van der Waals surface area contributed by atoms with Gasteiger partial charge in [0, 0.05) is 35.7 Å². The highest BCUT2D eigenvalue weighted by molar-refractivity contribution is 6.30. The number of benzene rings is 2. The van der Waals surface area contributed by atoms with Crippen LogP contribution in [0.2, 0.25) is 5.02 Å². The number of nitrogens with zero attached hydrogens (tertiary/aromatic N) is 1. The zero-order chi connectivity index (χ0) is 24.7. The van der Waals surface area contributed by atoms with E-state index in [1.165, 1.54) is 0 Å². The van der Waals surface area contributed by atoms with Crippen LogP contribution in [-0.4, -0.2) is 37.3 Å². The first kappa shape index (κ1) is 26.0. The van der Waals surface area contributed by atoms with Crippen molar-refractivity contribution in [2.75, 3.05) is 13.2 Å². The van der Waals surface area contributed by atoms with Crippen molar-refractivity contribution < 1.29 is 22.7 Å². The first-order valence-corrected chi connectivity index (χ1v) is 11.2. The molecule has 1 fully saturated rings. The Morgan fingerprint density at radius 1 is 1.18 bits per heavy atom. The van der Waals surface area contributed by atoms with Gasteiger partial charge in [-0.25, -0.2) is 15.8 Å². The van der Waals surface area contributed by atoms with Gasteiger partial charge in [-0.3, -0.25) is 10.1 Å². The van der Waals surface area contributed by atoms with Gasteiger partial charge in [0.2, 0.25) is 0 Å². The van der Waals surface area contributed by atoms with E-state index in [1.807, 2.05) is 38.1 Å². The van der Waals surface area contributed by atoms with Crippen LogP contribution in [0.1, 0.15) is 47.8 Å². The summed E-state index contributed by atoms with van der Waals surface area (Å²) in [5.41, 5.74) is 6.54. The largest absolute Gasteiger partial charge is 0.416 e. The van der Waals surface area contributed by atoms with E-state index in [0.717, 1.165) is 29.8 Å². The Hall–Kier alpha value is -2.66. The number of amides is 1. The van der Waals surface area contributed by atoms with Gasteiger partial charge in [0.25, 0.3) is 5.91 Å². The SMILES string of the molecule is CCOC[C@H](C)NC(=NC1CC(c2ccc(Cl)cc2)NN1)NC(=O)c1ccc(C(F)(F)F)cc1. The van der Waals surface area contributed by atoms with Crippen molar-refractivity contribution in [3.8, 4) is 0 Å². The number of halogens is 4. The molecule has 0 radical (unpaired) electrons. The predicted octanol–water partition coefficient (Wildman–Crippen LogP) is 4.02. The van der Waals surface area contributed by atoms with Crippen molar-refractivity contribution in [3.63, 3.8) is 0 Å². The summed E-state index contributed by atoms with van der Waals surface area (Å²) in [6, 6.07) is 11.3. The molecule has 184 valence electrons. The maximum absolute atomic E-state index is 12.8. The van der Waals surface area contributed by atoms with Gasteiger partial charge >= 0.3 is 6.18 Å². The van der Waals surface area contributed by atoms with Gasteiger partial charge in [-0.1, -0.05) is 23.7 Å². The Morgan fingerprint density at radius 3 is 2.47 bits per heavy atom. The normalized spacial score (nSPS) is 19.6. The summed E-state index contributed by atoms with van der Waals surface area (Å²) in [5.74, 6) is -0.392. The molecule has 2 aromatic carbocycles. The summed E-state index contributed by atoms with van der Waals surface area (Å²) in [7, 11) is 0. The van der Waals surface area contributed by atoms with Gasteiger partial charge in [0.15, 0.2) is 5.96 Å². The van der Waals surface area contributed by atoms with Crippen LogP contribution in [0.3, 0.4) is 0 Å². The number of guanidine groups is 1. The smallest absolute Gasteiger partial charge is 0.380 e. The van der Waals surface area contributed by atoms with Gasteiger partial charge in [0.1, 0.15) is 6.17 Å². The highest BCUT2D eigenvalue weighted by atomic mass is 35.5. The fourth-order valence-electron chi connectivity index (χ4n) is 3.36. The Balaban J connectivity index is 1.72. The summed E-state index contributed by atoms with van der Waals surface area (Å²) < 4.78 is 43.9. The minimum atomic E-state index is -4.47. The zero-order valence-corrected chi connectivity index (χ0v) is 19.5. The molecule has 1 amide bonds. The summed E-state index contributed by atoms with van der Waals surface area (Å²) in [4.78, 5) is 17.3. The monoisotopic (exact) mass is 497 g/mol. The van der Waals surface area contributed by atoms with E-state index in [1.54, 1.807) is 0 Å². The summed E-state index contributed by atoms with van der Waals surface area (Å²) in [6.07, 6.45) is -4.24. The van der Waals surface area contributed by atoms with Crippen molar-refractivity contribution >= 4 is 23.5 Å². The van der Waals surface area contributed by atoms with E-state index in [9.17, 15) is 18.0 Å². The highest BCUT2D eigenvalue weighted by Gasteiger charge is 2.30. The molecule has 7 nitrogen and oxygen atoms in total. The standard InChI is InChI=1S/C23H27ClF3N5O2/c1-3-34-13-14(2)28-22(30-21(33)16-4-8-17(9-5-16)23(25,26)27)29-20-12-19(31-32-20)15-6-10-18(24)11-7-15/h4-11,14,19-20,31-32H,3,12-13H2,1-2H3,(H2,28,29,30,33)/t14-,19?,20?/m0/s1. The van der Waals surface area contributed by atoms with Crippen LogP contribution in [0, 0.1) is 0 Å². The van der Waals surface area contributed by atoms with Crippen molar-refractivity contribution in [1.29, 1.82) is 0 Å². The molecule has 0 aliphatic carbocycles. The molecule has 0 saturated carbocycles. The van der Waals surface area contributed by atoms with Crippen LogP contribution in [0.15, 0.2) is 53.5 Å². The quantitative estimate of drug-likeness (QED) is 0.343. The molecule has 0 aromatic heterocycles. The van der Waals surface area contributed by atoms with Crippen LogP contribution >= 0.6 is 11.6 Å². The van der Waals surface area contributed by atoms with Gasteiger partial charge in [-0.15, -0.1) is 0 Å². The molecule has 4 N–H and O–H groups in total. The lowest BCUT2D eigenvalue weighted by atomic mass is 10.0. The van der Waals surface area contributed by atoms with E-state index >= 15 is 0 Å². The average molecular weight is 498 g/mol. The Kier molecular flexibility index (Phi) is 8.90. The molecule has 11 heteroatoms. The lowest BCUT2D eigenvalue weighted by Crippen LogP contribution is -2.47. The van der Waals surface area contributed by atoms with E-state index in [4.69, 9.17) is 16.3 Å². The third-order valence-corrected chi connectivity index (χ3v) is 5.35. The van der Waals surface area contributed by atoms with E-state index in [0.29, 0.717) is 24.7 Å². The Labute approximate surface area is 201 Å². The third-order valence-electron chi connectivity index (χ3n) is 5.10. The fourth-order valence-corrected chi connectivity index (χ4v) is 3.48. The predicted molar refractivity (Wildman–Crippen MR) is 124 cm³/mol. The molecule has 1 saturated heterocycles. The van der Waals surface area contributed by atoms with Gasteiger partial charge in [-0.2, -0.15) is 13.2 Å². The minimum absolute atomic E-state index is 0.0151. The fraction of sp³-hybridized carbons (Fsp3) is 0.391. The molecule has 0 spiro atoms. The molecular formula is C23H27ClF3N5O2. The second-order valence-corrected chi connectivity index (χ2v) is 8.29. The molecule has 3 atom stereocenters. The summed E-state index contributed by atoms with van der Waals surface area (Å²) in [5, 5.41) is 6.41. The van der Waals surface area contributed by atoms with Crippen LogP contribution in [-0.2, 0) is 10.9 Å². The molecule has 34 heavy (non-hydrogen) atoms. The maximum atomic E-state index is 12.8. The van der Waals surface area contributed by atoms with Crippen molar-refractivity contribution in [2.45, 2.75) is 44.7 Å². The average Bonchev–Trinajstić information content (AvgIpc) is 3.26. The van der Waals surface area contributed by atoms with Gasteiger partial charge in [-0.05, 0) is 55.8 Å². The van der Waals surface area contributed by atoms with E-state index < -0.39 is 17.6 Å². The number of ether oxygens (including phenoxy) is 1. The summed E-state index contributed by atoms with van der Waals surface area (Å²) in [6.45, 7) is 4.66. The van der Waals surface area contributed by atoms with E-state index in [2.05, 4.69) is 26.5 Å². The second-order valence-electron chi connectivity index (χ2n) is 7.86. The van der Waals surface area contributed by atoms with E-state index in [-0.39, 0.29) is 29.8 Å². The number of aliphatic imine (C=N–C) groups is 1. The Bertz CT molecular complexity index is 984. The topological polar surface area (TPSA) is 86.8 Å². The van der Waals surface area contributed by atoms with Crippen LogP contribution in [0.25, 0.3) is 0 Å². The molecule has 1 aliphatic rings. The lowest BCUT2D eigenvalue weighted by Gasteiger charge is -2.19. The number of hydrogen-bond acceptors (Lipinski definition) is 5. The molecular weight excluding hydrogens is 471 g/mol. The molecule has 2 unspecified atom stereocenters. The van der Waals surface area contributed by atoms with Gasteiger partial charge < -0.3 is 10.1 Å². The first-order valence-electron chi connectivity index (χ1n) is 10.8. The number of hydrogen-bond donors (Lipinski definition) is 4. The molecule has 3 rings (SSSR count). The van der Waals surface area contributed by atoms with Crippen molar-refractivity contribution in [2.24, 2.45) is 4.99 Å². The number of hydrazine groups is 1. The van der Waals surface area contributed by atoms with Gasteiger partial charge in [0.05, 0.1) is 12.2 Å². The van der Waals surface area contributed by atoms with Crippen molar-refractivity contribution in [3.05, 3.63) is 70.2 Å². The number of carbonyl (C=O) groups is 1. The number of alkyl halides is 3. The highest BCUT2D eigenvalue weighted by Crippen LogP contribution is 2.29. The Morgan fingerprint density at radius 2 is 1.85 bits per heavy atom. The molecule has 1 heterocycles. The number of rotatable bonds is 7. The second kappa shape index (κ2) is 11.7. The zero-order valence-electron chi connectivity index (χ0n) is 18.7. The molecule has 1 aliphatic heterocycles. The van der Waals surface area contributed by atoms with Crippen molar-refractivity contribution in [1.82, 2.24) is 21.5 Å². The minimum Gasteiger partial charge on any atom is -0.380 e. The van der Waals surface area contributed by atoms with Crippen LogP contribution in [0.5, 0.6) is 0 Å².